The number of carbonyl (C=O) groups is 4. The lowest BCUT2D eigenvalue weighted by atomic mass is 10.0. The van der Waals surface area contributed by atoms with Crippen LogP contribution in [0.1, 0.15) is 33.6 Å². The second-order valence-corrected chi connectivity index (χ2v) is 13.9. The molecule has 2 heterocycles. The molecule has 1 fully saturated rings. The molecule has 0 spiro atoms. The van der Waals surface area contributed by atoms with Crippen molar-refractivity contribution in [3.8, 4) is 0 Å². The highest BCUT2D eigenvalue weighted by atomic mass is 28.4. The number of hydrogen-bond acceptors (Lipinski definition) is 9. The van der Waals surface area contributed by atoms with Gasteiger partial charge in [-0.2, -0.15) is 0 Å². The summed E-state index contributed by atoms with van der Waals surface area (Å²) in [5.74, 6) is -2.12. The van der Waals surface area contributed by atoms with Crippen molar-refractivity contribution in [2.45, 2.75) is 38.5 Å². The van der Waals surface area contributed by atoms with Gasteiger partial charge < -0.3 is 24.0 Å². The minimum atomic E-state index is -1.49. The van der Waals surface area contributed by atoms with Gasteiger partial charge in [0.2, 0.25) is 11.8 Å². The Morgan fingerprint density at radius 3 is 2.19 bits per heavy atom. The molecule has 0 radical (unpaired) electrons. The number of fused-ring (bicyclic) bond motifs is 1. The first-order chi connectivity index (χ1) is 17.2. The number of anilines is 1. The standard InChI is InChI=1S/C24H35N3O8Si/c1-36(2,3)35-16-15-34-14-13-33-12-11-32-10-9-25-18-6-4-5-17-21(18)24(31)27(23(17)30)19-7-8-20(28)26-22(19)29/h4-6,19,25H,7-16H2,1-3H3,(H,26,28,29). The van der Waals surface area contributed by atoms with E-state index in [1.807, 2.05) is 0 Å². The monoisotopic (exact) mass is 521 g/mol. The zero-order chi connectivity index (χ0) is 26.1. The molecule has 0 bridgehead atoms. The lowest BCUT2D eigenvalue weighted by molar-refractivity contribution is -0.136. The van der Waals surface area contributed by atoms with E-state index in [0.29, 0.717) is 58.5 Å². The molecule has 198 valence electrons. The van der Waals surface area contributed by atoms with Crippen molar-refractivity contribution >= 4 is 37.6 Å². The van der Waals surface area contributed by atoms with Crippen molar-refractivity contribution < 1.29 is 37.8 Å². The molecule has 4 amide bonds. The molecule has 0 aliphatic carbocycles. The number of piperidine rings is 1. The fourth-order valence-corrected chi connectivity index (χ4v) is 4.56. The third-order valence-corrected chi connectivity index (χ3v) is 6.61. The average molecular weight is 522 g/mol. The van der Waals surface area contributed by atoms with Crippen LogP contribution in [0.2, 0.25) is 19.6 Å². The summed E-state index contributed by atoms with van der Waals surface area (Å²) >= 11 is 0. The van der Waals surface area contributed by atoms with E-state index in [2.05, 4.69) is 30.3 Å². The van der Waals surface area contributed by atoms with Crippen molar-refractivity contribution in [1.82, 2.24) is 10.2 Å². The predicted molar refractivity (Wildman–Crippen MR) is 133 cm³/mol. The number of amides is 4. The van der Waals surface area contributed by atoms with Crippen LogP contribution >= 0.6 is 0 Å². The van der Waals surface area contributed by atoms with Crippen LogP contribution in [-0.2, 0) is 28.2 Å². The van der Waals surface area contributed by atoms with Crippen molar-refractivity contribution in [2.75, 3.05) is 58.1 Å². The topological polar surface area (TPSA) is 132 Å². The summed E-state index contributed by atoms with van der Waals surface area (Å²) in [5.41, 5.74) is 0.958. The number of nitrogens with zero attached hydrogens (tertiary/aromatic N) is 1. The Morgan fingerprint density at radius 1 is 0.917 bits per heavy atom. The highest BCUT2D eigenvalue weighted by Crippen LogP contribution is 2.32. The van der Waals surface area contributed by atoms with E-state index in [-0.39, 0.29) is 24.0 Å². The smallest absolute Gasteiger partial charge is 0.264 e. The quantitative estimate of drug-likeness (QED) is 0.200. The Kier molecular flexibility index (Phi) is 10.1. The predicted octanol–water partition coefficient (Wildman–Crippen LogP) is 1.40. The van der Waals surface area contributed by atoms with Crippen LogP contribution in [0.3, 0.4) is 0 Å². The molecule has 11 nitrogen and oxygen atoms in total. The van der Waals surface area contributed by atoms with E-state index in [1.54, 1.807) is 18.2 Å². The Bertz CT molecular complexity index is 965. The number of ether oxygens (including phenoxy) is 3. The van der Waals surface area contributed by atoms with Crippen LogP contribution < -0.4 is 10.6 Å². The van der Waals surface area contributed by atoms with Gasteiger partial charge in [-0.15, -0.1) is 0 Å². The summed E-state index contributed by atoms with van der Waals surface area (Å²) in [7, 11) is -1.49. The van der Waals surface area contributed by atoms with Gasteiger partial charge in [0.25, 0.3) is 11.8 Å². The summed E-state index contributed by atoms with van der Waals surface area (Å²) in [5, 5.41) is 5.32. The third kappa shape index (κ3) is 7.68. The van der Waals surface area contributed by atoms with Crippen LogP contribution in [0.4, 0.5) is 5.69 Å². The normalized spacial score (nSPS) is 18.0. The minimum absolute atomic E-state index is 0.0800. The van der Waals surface area contributed by atoms with E-state index >= 15 is 0 Å². The third-order valence-electron chi connectivity index (χ3n) is 5.54. The molecule has 1 saturated heterocycles. The van der Waals surface area contributed by atoms with Gasteiger partial charge in [0, 0.05) is 18.7 Å². The van der Waals surface area contributed by atoms with Gasteiger partial charge in [-0.3, -0.25) is 29.4 Å². The molecule has 1 aromatic carbocycles. The number of hydrogen-bond donors (Lipinski definition) is 2. The first kappa shape index (κ1) is 27.9. The van der Waals surface area contributed by atoms with E-state index in [0.717, 1.165) is 4.90 Å². The zero-order valence-electron chi connectivity index (χ0n) is 21.1. The summed E-state index contributed by atoms with van der Waals surface area (Å²) in [6.45, 7) is 10.2. The lowest BCUT2D eigenvalue weighted by Gasteiger charge is -2.27. The van der Waals surface area contributed by atoms with Crippen molar-refractivity contribution in [3.63, 3.8) is 0 Å². The zero-order valence-corrected chi connectivity index (χ0v) is 22.1. The van der Waals surface area contributed by atoms with E-state index in [9.17, 15) is 19.2 Å². The maximum atomic E-state index is 13.1. The lowest BCUT2D eigenvalue weighted by Crippen LogP contribution is -2.54. The Balaban J connectivity index is 1.34. The number of carbonyl (C=O) groups excluding carboxylic acids is 4. The van der Waals surface area contributed by atoms with Crippen molar-refractivity contribution in [2.24, 2.45) is 0 Å². The summed E-state index contributed by atoms with van der Waals surface area (Å²) in [6.07, 6.45) is 0.199. The molecule has 1 atom stereocenters. The van der Waals surface area contributed by atoms with Gasteiger partial charge in [-0.05, 0) is 38.2 Å². The molecular formula is C24H35N3O8Si. The van der Waals surface area contributed by atoms with Gasteiger partial charge in [0.05, 0.1) is 57.4 Å². The maximum absolute atomic E-state index is 13.1. The highest BCUT2D eigenvalue weighted by molar-refractivity contribution is 6.69. The van der Waals surface area contributed by atoms with Crippen LogP contribution in [0.15, 0.2) is 18.2 Å². The van der Waals surface area contributed by atoms with Crippen LogP contribution in [-0.4, -0.2) is 95.7 Å². The minimum Gasteiger partial charge on any atom is -0.415 e. The van der Waals surface area contributed by atoms with E-state index in [1.165, 1.54) is 0 Å². The molecule has 1 unspecified atom stereocenters. The van der Waals surface area contributed by atoms with E-state index in [4.69, 9.17) is 18.6 Å². The van der Waals surface area contributed by atoms with Gasteiger partial charge in [-0.1, -0.05) is 6.07 Å². The molecule has 12 heteroatoms. The van der Waals surface area contributed by atoms with Gasteiger partial charge in [0.15, 0.2) is 8.32 Å². The summed E-state index contributed by atoms with van der Waals surface area (Å²) < 4.78 is 22.2. The Labute approximate surface area is 211 Å². The second kappa shape index (κ2) is 13.1. The molecule has 0 aromatic heterocycles. The maximum Gasteiger partial charge on any atom is 0.264 e. The molecule has 2 aliphatic rings. The van der Waals surface area contributed by atoms with Crippen LogP contribution in [0, 0.1) is 0 Å². The molecular weight excluding hydrogens is 486 g/mol. The highest BCUT2D eigenvalue weighted by Gasteiger charge is 2.45. The SMILES string of the molecule is C[Si](C)(C)OCCOCCOCCOCCNc1cccc2c1C(=O)N(C1CCC(=O)NC1=O)C2=O. The number of imide groups is 2. The van der Waals surface area contributed by atoms with E-state index < -0.39 is 38.0 Å². The average Bonchev–Trinajstić information content (AvgIpc) is 3.07. The summed E-state index contributed by atoms with van der Waals surface area (Å²) in [4.78, 5) is 50.5. The molecule has 1 aromatic rings. The molecule has 36 heavy (non-hydrogen) atoms. The Morgan fingerprint density at radius 2 is 1.56 bits per heavy atom. The fraction of sp³-hybridized carbons (Fsp3) is 0.583. The van der Waals surface area contributed by atoms with Gasteiger partial charge >= 0.3 is 0 Å². The molecule has 3 rings (SSSR count). The molecule has 2 N–H and O–H groups in total. The first-order valence-electron chi connectivity index (χ1n) is 12.1. The number of nitrogens with one attached hydrogen (secondary N) is 2. The first-order valence-corrected chi connectivity index (χ1v) is 15.6. The molecule has 2 aliphatic heterocycles. The van der Waals surface area contributed by atoms with Gasteiger partial charge in [-0.25, -0.2) is 0 Å². The molecule has 0 saturated carbocycles. The van der Waals surface area contributed by atoms with Crippen molar-refractivity contribution in [1.29, 1.82) is 0 Å². The van der Waals surface area contributed by atoms with Gasteiger partial charge in [0.1, 0.15) is 6.04 Å². The Hall–Kier alpha value is -2.64. The number of benzene rings is 1. The second-order valence-electron chi connectivity index (χ2n) is 9.40. The van der Waals surface area contributed by atoms with Crippen molar-refractivity contribution in [3.05, 3.63) is 29.3 Å². The van der Waals surface area contributed by atoms with Crippen LogP contribution in [0.5, 0.6) is 0 Å². The number of rotatable bonds is 15. The fourth-order valence-electron chi connectivity index (χ4n) is 3.87. The summed E-state index contributed by atoms with van der Waals surface area (Å²) in [6, 6.07) is 3.95. The van der Waals surface area contributed by atoms with Crippen LogP contribution in [0.25, 0.3) is 0 Å². The largest absolute Gasteiger partial charge is 0.415 e.